The molecule has 3 heteroatoms. The summed E-state index contributed by atoms with van der Waals surface area (Å²) in [6.45, 7) is 1.03. The summed E-state index contributed by atoms with van der Waals surface area (Å²) < 4.78 is 7.54. The normalized spacial score (nSPS) is 18.8. The Morgan fingerprint density at radius 3 is 3.24 bits per heavy atom. The molecule has 0 aliphatic carbocycles. The Hall–Kier alpha value is -1.77. The van der Waals surface area contributed by atoms with E-state index in [1.807, 2.05) is 18.6 Å². The first-order chi connectivity index (χ1) is 8.36. The number of rotatable bonds is 2. The van der Waals surface area contributed by atoms with Gasteiger partial charge in [0.1, 0.15) is 5.75 Å². The summed E-state index contributed by atoms with van der Waals surface area (Å²) in [7, 11) is 1.72. The zero-order chi connectivity index (χ0) is 11.7. The molecule has 0 amide bonds. The molecule has 3 nitrogen and oxygen atoms in total. The molecule has 0 spiro atoms. The van der Waals surface area contributed by atoms with Crippen LogP contribution in [-0.4, -0.2) is 16.7 Å². The smallest absolute Gasteiger partial charge is 0.119 e. The monoisotopic (exact) mass is 228 g/mol. The zero-order valence-electron chi connectivity index (χ0n) is 9.97. The predicted octanol–water partition coefficient (Wildman–Crippen LogP) is 2.62. The number of aryl methyl sites for hydroxylation is 1. The summed E-state index contributed by atoms with van der Waals surface area (Å²) in [5.74, 6) is 1.52. The van der Waals surface area contributed by atoms with Crippen LogP contribution in [0, 0.1) is 0 Å². The van der Waals surface area contributed by atoms with E-state index in [1.54, 1.807) is 7.11 Å². The van der Waals surface area contributed by atoms with Crippen LogP contribution in [0.2, 0.25) is 0 Å². The molecular weight excluding hydrogens is 212 g/mol. The molecule has 1 aromatic heterocycles. The van der Waals surface area contributed by atoms with Crippen LogP contribution < -0.4 is 4.74 Å². The van der Waals surface area contributed by atoms with Crippen molar-refractivity contribution in [2.45, 2.75) is 25.3 Å². The molecule has 1 atom stereocenters. The fourth-order valence-electron chi connectivity index (χ4n) is 2.54. The van der Waals surface area contributed by atoms with Crippen LogP contribution in [0.1, 0.15) is 23.6 Å². The average Bonchev–Trinajstić information content (AvgIpc) is 2.86. The highest BCUT2D eigenvalue weighted by Gasteiger charge is 2.19. The van der Waals surface area contributed by atoms with Gasteiger partial charge in [-0.1, -0.05) is 12.1 Å². The number of imidazole rings is 1. The molecule has 88 valence electrons. The van der Waals surface area contributed by atoms with Crippen molar-refractivity contribution in [1.29, 1.82) is 0 Å². The third kappa shape index (κ3) is 1.93. The van der Waals surface area contributed by atoms with Gasteiger partial charge in [0.15, 0.2) is 0 Å². The number of methoxy groups -OCH3 is 1. The fraction of sp³-hybridized carbons (Fsp3) is 0.357. The number of hydrogen-bond acceptors (Lipinski definition) is 2. The van der Waals surface area contributed by atoms with Gasteiger partial charge in [0.05, 0.1) is 13.4 Å². The molecule has 17 heavy (non-hydrogen) atoms. The number of aromatic nitrogens is 2. The van der Waals surface area contributed by atoms with E-state index in [4.69, 9.17) is 4.74 Å². The van der Waals surface area contributed by atoms with Crippen molar-refractivity contribution in [3.05, 3.63) is 48.0 Å². The predicted molar refractivity (Wildman–Crippen MR) is 66.3 cm³/mol. The van der Waals surface area contributed by atoms with Crippen molar-refractivity contribution in [2.24, 2.45) is 0 Å². The summed E-state index contributed by atoms with van der Waals surface area (Å²) in [4.78, 5) is 4.20. The lowest BCUT2D eigenvalue weighted by molar-refractivity contribution is 0.411. The molecular formula is C14H16N2O. The molecule has 0 saturated heterocycles. The first-order valence-electron chi connectivity index (χ1n) is 6.00. The van der Waals surface area contributed by atoms with Gasteiger partial charge in [0, 0.05) is 24.4 Å². The lowest BCUT2D eigenvalue weighted by Crippen LogP contribution is -2.17. The van der Waals surface area contributed by atoms with E-state index in [9.17, 15) is 0 Å². The van der Waals surface area contributed by atoms with Crippen LogP contribution in [0.25, 0.3) is 0 Å². The van der Waals surface area contributed by atoms with Crippen LogP contribution in [0.3, 0.4) is 0 Å². The van der Waals surface area contributed by atoms with E-state index in [2.05, 4.69) is 27.8 Å². The second kappa shape index (κ2) is 4.24. The Balaban J connectivity index is 1.86. The molecule has 0 fully saturated rings. The van der Waals surface area contributed by atoms with Gasteiger partial charge in [-0.2, -0.15) is 0 Å². The summed E-state index contributed by atoms with van der Waals surface area (Å²) in [6.07, 6.45) is 6.21. The Kier molecular flexibility index (Phi) is 2.59. The number of ether oxygens (including phenoxy) is 1. The van der Waals surface area contributed by atoms with E-state index >= 15 is 0 Å². The maximum atomic E-state index is 5.28. The minimum atomic E-state index is 0.576. The van der Waals surface area contributed by atoms with Crippen molar-refractivity contribution < 1.29 is 4.74 Å². The third-order valence-electron chi connectivity index (χ3n) is 3.53. The van der Waals surface area contributed by atoms with Crippen LogP contribution in [0.4, 0.5) is 0 Å². The van der Waals surface area contributed by atoms with E-state index in [1.165, 1.54) is 17.7 Å². The largest absolute Gasteiger partial charge is 0.497 e. The summed E-state index contributed by atoms with van der Waals surface area (Å²) in [5, 5.41) is 0. The number of hydrogen-bond donors (Lipinski definition) is 0. The molecule has 1 aliphatic heterocycles. The SMILES string of the molecule is COc1cccc(C2CCc3cncn3C2)c1. The first-order valence-corrected chi connectivity index (χ1v) is 6.00. The van der Waals surface area contributed by atoms with Gasteiger partial charge in [-0.25, -0.2) is 4.98 Å². The van der Waals surface area contributed by atoms with E-state index in [-0.39, 0.29) is 0 Å². The van der Waals surface area contributed by atoms with Gasteiger partial charge in [0.2, 0.25) is 0 Å². The molecule has 1 aliphatic rings. The van der Waals surface area contributed by atoms with Gasteiger partial charge in [0.25, 0.3) is 0 Å². The van der Waals surface area contributed by atoms with Crippen LogP contribution in [0.15, 0.2) is 36.8 Å². The minimum absolute atomic E-state index is 0.576. The Morgan fingerprint density at radius 1 is 1.41 bits per heavy atom. The minimum Gasteiger partial charge on any atom is -0.497 e. The van der Waals surface area contributed by atoms with Crippen molar-refractivity contribution in [1.82, 2.24) is 9.55 Å². The highest BCUT2D eigenvalue weighted by molar-refractivity contribution is 5.31. The molecule has 2 aromatic rings. The number of benzene rings is 1. The summed E-state index contributed by atoms with van der Waals surface area (Å²) in [6, 6.07) is 8.40. The molecule has 1 aromatic carbocycles. The lowest BCUT2D eigenvalue weighted by Gasteiger charge is -2.24. The average molecular weight is 228 g/mol. The molecule has 3 rings (SSSR count). The van der Waals surface area contributed by atoms with Crippen LogP contribution >= 0.6 is 0 Å². The molecule has 0 bridgehead atoms. The maximum Gasteiger partial charge on any atom is 0.119 e. The van der Waals surface area contributed by atoms with E-state index in [0.29, 0.717) is 5.92 Å². The molecule has 2 heterocycles. The van der Waals surface area contributed by atoms with Gasteiger partial charge in [-0.15, -0.1) is 0 Å². The highest BCUT2D eigenvalue weighted by atomic mass is 16.5. The maximum absolute atomic E-state index is 5.28. The Labute approximate surface area is 101 Å². The van der Waals surface area contributed by atoms with E-state index < -0.39 is 0 Å². The highest BCUT2D eigenvalue weighted by Crippen LogP contribution is 2.30. The lowest BCUT2D eigenvalue weighted by atomic mass is 9.91. The van der Waals surface area contributed by atoms with Gasteiger partial charge in [-0.3, -0.25) is 0 Å². The Morgan fingerprint density at radius 2 is 2.35 bits per heavy atom. The fourth-order valence-corrected chi connectivity index (χ4v) is 2.54. The third-order valence-corrected chi connectivity index (χ3v) is 3.53. The van der Waals surface area contributed by atoms with Gasteiger partial charge in [-0.05, 0) is 30.5 Å². The van der Waals surface area contributed by atoms with Crippen molar-refractivity contribution in [3.63, 3.8) is 0 Å². The van der Waals surface area contributed by atoms with Crippen LogP contribution in [0.5, 0.6) is 5.75 Å². The molecule has 0 N–H and O–H groups in total. The van der Waals surface area contributed by atoms with Crippen molar-refractivity contribution in [3.8, 4) is 5.75 Å². The quantitative estimate of drug-likeness (QED) is 0.790. The Bertz CT molecular complexity index is 518. The van der Waals surface area contributed by atoms with Gasteiger partial charge >= 0.3 is 0 Å². The number of fused-ring (bicyclic) bond motifs is 1. The summed E-state index contributed by atoms with van der Waals surface area (Å²) >= 11 is 0. The van der Waals surface area contributed by atoms with Gasteiger partial charge < -0.3 is 9.30 Å². The summed E-state index contributed by atoms with van der Waals surface area (Å²) in [5.41, 5.74) is 2.72. The molecule has 0 saturated carbocycles. The zero-order valence-corrected chi connectivity index (χ0v) is 9.97. The second-order valence-corrected chi connectivity index (χ2v) is 4.55. The topological polar surface area (TPSA) is 27.1 Å². The molecule has 1 unspecified atom stereocenters. The van der Waals surface area contributed by atoms with Crippen molar-refractivity contribution in [2.75, 3.05) is 7.11 Å². The van der Waals surface area contributed by atoms with Crippen LogP contribution in [-0.2, 0) is 13.0 Å². The first kappa shape index (κ1) is 10.4. The molecule has 0 radical (unpaired) electrons. The van der Waals surface area contributed by atoms with E-state index in [0.717, 1.165) is 18.7 Å². The number of nitrogens with zero attached hydrogens (tertiary/aromatic N) is 2. The second-order valence-electron chi connectivity index (χ2n) is 4.55. The van der Waals surface area contributed by atoms with Crippen molar-refractivity contribution >= 4 is 0 Å². The standard InChI is InChI=1S/C14H16N2O/c1-17-14-4-2-3-11(7-14)12-5-6-13-8-15-10-16(13)9-12/h2-4,7-8,10,12H,5-6,9H2,1H3.